The van der Waals surface area contributed by atoms with Gasteiger partial charge in [-0.2, -0.15) is 0 Å². The summed E-state index contributed by atoms with van der Waals surface area (Å²) in [5.74, 6) is 1.19. The van der Waals surface area contributed by atoms with Gasteiger partial charge in [-0.3, -0.25) is 9.78 Å². The van der Waals surface area contributed by atoms with E-state index in [9.17, 15) is 4.79 Å². The van der Waals surface area contributed by atoms with Crippen LogP contribution in [0.3, 0.4) is 0 Å². The van der Waals surface area contributed by atoms with Crippen molar-refractivity contribution in [1.29, 1.82) is 0 Å². The molecule has 144 valence electrons. The lowest BCUT2D eigenvalue weighted by molar-refractivity contribution is 0.0916. The number of piperidine rings is 1. The molecule has 1 saturated heterocycles. The third-order valence-corrected chi connectivity index (χ3v) is 5.65. The minimum absolute atomic E-state index is 0.0965. The molecule has 1 aliphatic heterocycles. The van der Waals surface area contributed by atoms with Gasteiger partial charge in [-0.05, 0) is 70.9 Å². The summed E-state index contributed by atoms with van der Waals surface area (Å²) < 4.78 is 6.05. The Kier molecular flexibility index (Phi) is 6.89. The molecule has 0 radical (unpaired) electrons. The van der Waals surface area contributed by atoms with E-state index in [1.807, 2.05) is 6.07 Å². The number of pyridine rings is 1. The van der Waals surface area contributed by atoms with Crippen LogP contribution in [0.25, 0.3) is 0 Å². The summed E-state index contributed by atoms with van der Waals surface area (Å²) in [7, 11) is 0. The van der Waals surface area contributed by atoms with Gasteiger partial charge in [0.05, 0.1) is 6.10 Å². The predicted octanol–water partition coefficient (Wildman–Crippen LogP) is 3.64. The molecule has 1 aromatic rings. The molecule has 2 heterocycles. The molecular weight excluding hydrogens is 326 g/mol. The van der Waals surface area contributed by atoms with Gasteiger partial charge in [0, 0.05) is 31.4 Å². The van der Waals surface area contributed by atoms with Gasteiger partial charge in [-0.1, -0.05) is 6.42 Å². The zero-order chi connectivity index (χ0) is 18.4. The van der Waals surface area contributed by atoms with E-state index in [0.29, 0.717) is 17.7 Å². The van der Waals surface area contributed by atoms with E-state index in [1.54, 1.807) is 12.3 Å². The van der Waals surface area contributed by atoms with Gasteiger partial charge in [0.15, 0.2) is 0 Å². The number of rotatable bonds is 6. The van der Waals surface area contributed by atoms with Crippen LogP contribution in [0.15, 0.2) is 18.3 Å². The monoisotopic (exact) mass is 359 g/mol. The molecule has 26 heavy (non-hydrogen) atoms. The Morgan fingerprint density at radius 2 is 2.08 bits per heavy atom. The van der Waals surface area contributed by atoms with Gasteiger partial charge in [0.25, 0.3) is 5.91 Å². The topological polar surface area (TPSA) is 54.5 Å². The maximum Gasteiger partial charge on any atom is 0.270 e. The average molecular weight is 360 g/mol. The first kappa shape index (κ1) is 19.2. The minimum atomic E-state index is -0.0965. The summed E-state index contributed by atoms with van der Waals surface area (Å²) in [6, 6.07) is 4.21. The van der Waals surface area contributed by atoms with Crippen molar-refractivity contribution < 1.29 is 9.53 Å². The summed E-state index contributed by atoms with van der Waals surface area (Å²) in [6.45, 7) is 7.43. The Bertz CT molecular complexity index is 584. The first-order valence-electron chi connectivity index (χ1n) is 10.3. The van der Waals surface area contributed by atoms with Crippen molar-refractivity contribution in [1.82, 2.24) is 15.2 Å². The van der Waals surface area contributed by atoms with Crippen LogP contribution in [-0.2, 0) is 0 Å². The maximum absolute atomic E-state index is 12.5. The number of ether oxygens (including phenoxy) is 1. The summed E-state index contributed by atoms with van der Waals surface area (Å²) in [5.41, 5.74) is 0.454. The maximum atomic E-state index is 12.5. The van der Waals surface area contributed by atoms with Crippen LogP contribution in [0.5, 0.6) is 5.75 Å². The van der Waals surface area contributed by atoms with Crippen LogP contribution in [0.2, 0.25) is 0 Å². The lowest BCUT2D eigenvalue weighted by Crippen LogP contribution is -2.43. The Morgan fingerprint density at radius 1 is 1.27 bits per heavy atom. The average Bonchev–Trinajstić information content (AvgIpc) is 2.67. The number of nitrogens with zero attached hydrogens (tertiary/aromatic N) is 2. The van der Waals surface area contributed by atoms with Crippen LogP contribution in [0.4, 0.5) is 0 Å². The predicted molar refractivity (Wildman–Crippen MR) is 104 cm³/mol. The van der Waals surface area contributed by atoms with Crippen molar-refractivity contribution in [3.8, 4) is 5.75 Å². The first-order valence-corrected chi connectivity index (χ1v) is 10.3. The molecule has 0 bridgehead atoms. The lowest BCUT2D eigenvalue weighted by atomic mass is 9.97. The molecule has 1 N–H and O–H groups in total. The number of hydrogen-bond donors (Lipinski definition) is 1. The van der Waals surface area contributed by atoms with Crippen molar-refractivity contribution in [2.45, 2.75) is 70.9 Å². The number of likely N-dealkylation sites (tertiary alicyclic amines) is 1. The van der Waals surface area contributed by atoms with Gasteiger partial charge in [-0.15, -0.1) is 0 Å². The molecule has 1 aromatic heterocycles. The molecule has 1 aliphatic carbocycles. The van der Waals surface area contributed by atoms with E-state index in [0.717, 1.165) is 31.7 Å². The molecule has 2 fully saturated rings. The second kappa shape index (κ2) is 9.36. The van der Waals surface area contributed by atoms with E-state index in [-0.39, 0.29) is 12.0 Å². The van der Waals surface area contributed by atoms with E-state index < -0.39 is 0 Å². The first-order chi connectivity index (χ1) is 12.6. The highest BCUT2D eigenvalue weighted by atomic mass is 16.5. The van der Waals surface area contributed by atoms with E-state index >= 15 is 0 Å². The molecule has 5 nitrogen and oxygen atoms in total. The number of aromatic nitrogens is 1. The number of carbonyl (C=O) groups excluding carboxylic acids is 1. The van der Waals surface area contributed by atoms with Crippen molar-refractivity contribution in [3.63, 3.8) is 0 Å². The van der Waals surface area contributed by atoms with E-state index in [4.69, 9.17) is 4.74 Å². The summed E-state index contributed by atoms with van der Waals surface area (Å²) >= 11 is 0. The molecule has 1 atom stereocenters. The summed E-state index contributed by atoms with van der Waals surface area (Å²) in [5, 5.41) is 3.08. The van der Waals surface area contributed by atoms with Gasteiger partial charge in [-0.25, -0.2) is 0 Å². The van der Waals surface area contributed by atoms with Crippen LogP contribution < -0.4 is 10.1 Å². The van der Waals surface area contributed by atoms with Crippen LogP contribution in [0.1, 0.15) is 69.3 Å². The van der Waals surface area contributed by atoms with Crippen LogP contribution in [-0.4, -0.2) is 47.6 Å². The number of amides is 1. The lowest BCUT2D eigenvalue weighted by Gasteiger charge is -2.35. The summed E-state index contributed by atoms with van der Waals surface area (Å²) in [6.07, 6.45) is 10.3. The molecule has 3 rings (SSSR count). The van der Waals surface area contributed by atoms with Gasteiger partial charge < -0.3 is 15.0 Å². The molecule has 1 unspecified atom stereocenters. The molecule has 1 amide bonds. The normalized spacial score (nSPS) is 22.3. The van der Waals surface area contributed by atoms with E-state index in [1.165, 1.54) is 38.6 Å². The fraction of sp³-hybridized carbons (Fsp3) is 0.714. The highest BCUT2D eigenvalue weighted by molar-refractivity contribution is 5.92. The van der Waals surface area contributed by atoms with Gasteiger partial charge >= 0.3 is 0 Å². The number of nitrogens with one attached hydrogen (secondary N) is 1. The molecule has 0 spiro atoms. The molecule has 0 aromatic carbocycles. The third kappa shape index (κ3) is 5.44. The van der Waals surface area contributed by atoms with Gasteiger partial charge in [0.2, 0.25) is 0 Å². The Balaban J connectivity index is 1.50. The number of carbonyl (C=O) groups is 1. The Labute approximate surface area is 157 Å². The smallest absolute Gasteiger partial charge is 0.270 e. The molecule has 5 heteroatoms. The largest absolute Gasteiger partial charge is 0.490 e. The molecule has 2 aliphatic rings. The zero-order valence-electron chi connectivity index (χ0n) is 16.2. The van der Waals surface area contributed by atoms with Crippen LogP contribution in [0, 0.1) is 5.92 Å². The SMILES string of the molecule is CC(C)N1CCCC(CNC(=O)c2cc(OC3CCCCC3)ccn2)C1. The van der Waals surface area contributed by atoms with Gasteiger partial charge in [0.1, 0.15) is 11.4 Å². The third-order valence-electron chi connectivity index (χ3n) is 5.65. The van der Waals surface area contributed by atoms with Crippen LogP contribution >= 0.6 is 0 Å². The fourth-order valence-electron chi connectivity index (χ4n) is 4.04. The van der Waals surface area contributed by atoms with Crippen molar-refractivity contribution in [2.24, 2.45) is 5.92 Å². The quantitative estimate of drug-likeness (QED) is 0.842. The van der Waals surface area contributed by atoms with Crippen molar-refractivity contribution in [3.05, 3.63) is 24.0 Å². The highest BCUT2D eigenvalue weighted by Crippen LogP contribution is 2.23. The minimum Gasteiger partial charge on any atom is -0.490 e. The van der Waals surface area contributed by atoms with E-state index in [2.05, 4.69) is 29.0 Å². The standard InChI is InChI=1S/C21H33N3O2/c1-16(2)24-12-6-7-17(15-24)14-23-21(25)20-13-19(10-11-22-20)26-18-8-4-3-5-9-18/h10-11,13,16-18H,3-9,12,14-15H2,1-2H3,(H,23,25). The fourth-order valence-corrected chi connectivity index (χ4v) is 4.04. The second-order valence-electron chi connectivity index (χ2n) is 8.06. The molecular formula is C21H33N3O2. The molecule has 1 saturated carbocycles. The Morgan fingerprint density at radius 3 is 2.85 bits per heavy atom. The van der Waals surface area contributed by atoms with Crippen molar-refractivity contribution >= 4 is 5.91 Å². The highest BCUT2D eigenvalue weighted by Gasteiger charge is 2.22. The van der Waals surface area contributed by atoms with Crippen molar-refractivity contribution in [2.75, 3.05) is 19.6 Å². The number of hydrogen-bond acceptors (Lipinski definition) is 4. The zero-order valence-corrected chi connectivity index (χ0v) is 16.2. The summed E-state index contributed by atoms with van der Waals surface area (Å²) in [4.78, 5) is 19.2. The Hall–Kier alpha value is -1.62. The second-order valence-corrected chi connectivity index (χ2v) is 8.06.